The van der Waals surface area contributed by atoms with Gasteiger partial charge in [-0.3, -0.25) is 4.79 Å². The van der Waals surface area contributed by atoms with E-state index in [1.807, 2.05) is 0 Å². The van der Waals surface area contributed by atoms with Crippen LogP contribution in [-0.4, -0.2) is 43.0 Å². The van der Waals surface area contributed by atoms with Gasteiger partial charge in [-0.15, -0.1) is 12.4 Å². The number of anilines is 1. The largest absolute Gasteiger partial charge is 0.462 e. The minimum atomic E-state index is -0.317. The van der Waals surface area contributed by atoms with E-state index in [0.29, 0.717) is 24.3 Å². The van der Waals surface area contributed by atoms with Crippen molar-refractivity contribution in [1.82, 2.24) is 4.90 Å². The fourth-order valence-corrected chi connectivity index (χ4v) is 2.47. The van der Waals surface area contributed by atoms with Crippen molar-refractivity contribution in [2.75, 3.05) is 31.6 Å². The highest BCUT2D eigenvalue weighted by atomic mass is 35.5. The van der Waals surface area contributed by atoms with Gasteiger partial charge in [-0.2, -0.15) is 0 Å². The van der Waals surface area contributed by atoms with Crippen LogP contribution in [-0.2, 0) is 9.53 Å². The summed E-state index contributed by atoms with van der Waals surface area (Å²) in [5.41, 5.74) is 1.21. The first kappa shape index (κ1) is 24.4. The summed E-state index contributed by atoms with van der Waals surface area (Å²) in [6.45, 7) is 9.94. The van der Waals surface area contributed by atoms with E-state index >= 15 is 0 Å². The summed E-state index contributed by atoms with van der Waals surface area (Å²) >= 11 is 0. The molecule has 0 fully saturated rings. The molecule has 0 aliphatic rings. The molecule has 26 heavy (non-hydrogen) atoms. The van der Waals surface area contributed by atoms with Crippen molar-refractivity contribution in [2.45, 2.75) is 52.9 Å². The molecule has 0 aliphatic heterocycles. The van der Waals surface area contributed by atoms with Crippen LogP contribution in [0.5, 0.6) is 0 Å². The van der Waals surface area contributed by atoms with Gasteiger partial charge in [0.1, 0.15) is 0 Å². The van der Waals surface area contributed by atoms with E-state index in [4.69, 9.17) is 4.74 Å². The highest BCUT2D eigenvalue weighted by molar-refractivity contribution is 5.93. The molecule has 148 valence electrons. The van der Waals surface area contributed by atoms with E-state index in [-0.39, 0.29) is 24.3 Å². The number of nitrogens with zero attached hydrogens (tertiary/aromatic N) is 1. The summed E-state index contributed by atoms with van der Waals surface area (Å²) in [6.07, 6.45) is 4.28. The quantitative estimate of drug-likeness (QED) is 0.425. The number of hydrogen-bond donors (Lipinski definition) is 1. The van der Waals surface area contributed by atoms with Gasteiger partial charge in [0.2, 0.25) is 5.91 Å². The second kappa shape index (κ2) is 14.6. The van der Waals surface area contributed by atoms with Gasteiger partial charge in [-0.1, -0.05) is 27.2 Å². The third kappa shape index (κ3) is 9.78. The second-order valence-electron chi connectivity index (χ2n) is 6.10. The molecule has 6 heteroatoms. The van der Waals surface area contributed by atoms with E-state index in [1.54, 1.807) is 24.3 Å². The van der Waals surface area contributed by atoms with Gasteiger partial charge in [0.05, 0.1) is 12.2 Å². The van der Waals surface area contributed by atoms with E-state index < -0.39 is 0 Å². The number of carbonyl (C=O) groups excluding carboxylic acids is 2. The molecule has 0 aromatic heterocycles. The molecule has 0 bridgehead atoms. The maximum Gasteiger partial charge on any atom is 0.338 e. The van der Waals surface area contributed by atoms with E-state index in [9.17, 15) is 9.59 Å². The molecule has 0 heterocycles. The Bertz CT molecular complexity index is 516. The smallest absolute Gasteiger partial charge is 0.338 e. The first-order valence-electron chi connectivity index (χ1n) is 9.40. The van der Waals surface area contributed by atoms with Crippen LogP contribution in [0.25, 0.3) is 0 Å². The molecule has 0 spiro atoms. The summed E-state index contributed by atoms with van der Waals surface area (Å²) in [5, 5.41) is 2.87. The van der Waals surface area contributed by atoms with Crippen LogP contribution in [0.1, 0.15) is 63.2 Å². The zero-order valence-electron chi connectivity index (χ0n) is 16.3. The number of benzene rings is 1. The zero-order valence-corrected chi connectivity index (χ0v) is 17.1. The molecule has 0 atom stereocenters. The van der Waals surface area contributed by atoms with Crippen LogP contribution >= 0.6 is 12.4 Å². The molecule has 1 aromatic carbocycles. The standard InChI is InChI=1S/C20H32N2O3.ClH/c1-4-7-16-25-20(24)17-11-13-18(14-12-17)21-19(23)10-8-9-15-22(5-2)6-3;/h11-14H,4-10,15-16H2,1-3H3,(H,21,23);1H. The summed E-state index contributed by atoms with van der Waals surface area (Å²) in [6, 6.07) is 6.85. The highest BCUT2D eigenvalue weighted by Crippen LogP contribution is 2.12. The summed E-state index contributed by atoms with van der Waals surface area (Å²) < 4.78 is 5.16. The highest BCUT2D eigenvalue weighted by Gasteiger charge is 2.08. The van der Waals surface area contributed by atoms with Crippen LogP contribution in [0.15, 0.2) is 24.3 Å². The van der Waals surface area contributed by atoms with E-state index in [2.05, 4.69) is 31.0 Å². The number of amides is 1. The Labute approximate surface area is 163 Å². The topological polar surface area (TPSA) is 58.6 Å². The van der Waals surface area contributed by atoms with Gasteiger partial charge >= 0.3 is 5.97 Å². The van der Waals surface area contributed by atoms with Crippen molar-refractivity contribution >= 4 is 30.0 Å². The van der Waals surface area contributed by atoms with Gasteiger partial charge < -0.3 is 15.0 Å². The predicted octanol–water partition coefficient (Wildman–Crippen LogP) is 4.52. The van der Waals surface area contributed by atoms with Gasteiger partial charge in [0.25, 0.3) is 0 Å². The third-order valence-corrected chi connectivity index (χ3v) is 4.16. The van der Waals surface area contributed by atoms with Crippen molar-refractivity contribution in [3.8, 4) is 0 Å². The lowest BCUT2D eigenvalue weighted by molar-refractivity contribution is -0.116. The number of halogens is 1. The Morgan fingerprint density at radius 1 is 1.00 bits per heavy atom. The van der Waals surface area contributed by atoms with Gasteiger partial charge in [-0.25, -0.2) is 4.79 Å². The molecule has 0 saturated heterocycles. The van der Waals surface area contributed by atoms with Crippen LogP contribution in [0.4, 0.5) is 5.69 Å². The first-order chi connectivity index (χ1) is 12.1. The number of nitrogens with one attached hydrogen (secondary N) is 1. The summed E-state index contributed by atoms with van der Waals surface area (Å²) in [7, 11) is 0. The molecule has 0 aliphatic carbocycles. The minimum Gasteiger partial charge on any atom is -0.462 e. The number of ether oxygens (including phenoxy) is 1. The number of carbonyl (C=O) groups is 2. The van der Waals surface area contributed by atoms with Crippen LogP contribution in [0.3, 0.4) is 0 Å². The van der Waals surface area contributed by atoms with Crippen molar-refractivity contribution in [3.05, 3.63) is 29.8 Å². The minimum absolute atomic E-state index is 0. The van der Waals surface area contributed by atoms with Crippen LogP contribution < -0.4 is 5.32 Å². The molecule has 1 amide bonds. The van der Waals surface area contributed by atoms with Crippen molar-refractivity contribution in [1.29, 1.82) is 0 Å². The van der Waals surface area contributed by atoms with E-state index in [0.717, 1.165) is 45.3 Å². The average molecular weight is 385 g/mol. The van der Waals surface area contributed by atoms with Gasteiger partial charge in [0, 0.05) is 12.1 Å². The SMILES string of the molecule is CCCCOC(=O)c1ccc(NC(=O)CCCCN(CC)CC)cc1.Cl. The summed E-state index contributed by atoms with van der Waals surface area (Å²) in [4.78, 5) is 26.1. The maximum absolute atomic E-state index is 12.0. The van der Waals surface area contributed by atoms with Crippen LogP contribution in [0, 0.1) is 0 Å². The number of esters is 1. The lowest BCUT2D eigenvalue weighted by atomic mass is 10.2. The summed E-state index contributed by atoms with van der Waals surface area (Å²) in [5.74, 6) is -0.305. The van der Waals surface area contributed by atoms with E-state index in [1.165, 1.54) is 0 Å². The van der Waals surface area contributed by atoms with Crippen LogP contribution in [0.2, 0.25) is 0 Å². The van der Waals surface area contributed by atoms with Crippen molar-refractivity contribution < 1.29 is 14.3 Å². The molecule has 0 saturated carbocycles. The fourth-order valence-electron chi connectivity index (χ4n) is 2.47. The number of hydrogen-bond acceptors (Lipinski definition) is 4. The Morgan fingerprint density at radius 3 is 2.23 bits per heavy atom. The molecule has 5 nitrogen and oxygen atoms in total. The van der Waals surface area contributed by atoms with Crippen molar-refractivity contribution in [2.24, 2.45) is 0 Å². The Hall–Kier alpha value is -1.59. The third-order valence-electron chi connectivity index (χ3n) is 4.16. The van der Waals surface area contributed by atoms with Gasteiger partial charge in [0.15, 0.2) is 0 Å². The molecule has 1 N–H and O–H groups in total. The molecule has 1 aromatic rings. The predicted molar refractivity (Wildman–Crippen MR) is 109 cm³/mol. The number of rotatable bonds is 12. The molecular formula is C20H33ClN2O3. The average Bonchev–Trinajstić information content (AvgIpc) is 2.62. The van der Waals surface area contributed by atoms with Crippen molar-refractivity contribution in [3.63, 3.8) is 0 Å². The lowest BCUT2D eigenvalue weighted by Gasteiger charge is -2.17. The lowest BCUT2D eigenvalue weighted by Crippen LogP contribution is -2.24. The fraction of sp³-hybridized carbons (Fsp3) is 0.600. The maximum atomic E-state index is 12.0. The number of unbranched alkanes of at least 4 members (excludes halogenated alkanes) is 2. The first-order valence-corrected chi connectivity index (χ1v) is 9.40. The zero-order chi connectivity index (χ0) is 18.5. The Balaban J connectivity index is 0.00000625. The monoisotopic (exact) mass is 384 g/mol. The molecule has 0 radical (unpaired) electrons. The Morgan fingerprint density at radius 2 is 1.65 bits per heavy atom. The second-order valence-corrected chi connectivity index (χ2v) is 6.10. The normalized spacial score (nSPS) is 10.3. The Kier molecular flexibility index (Phi) is 13.7. The van der Waals surface area contributed by atoms with Gasteiger partial charge in [-0.05, 0) is 63.2 Å². The molecule has 1 rings (SSSR count). The molecular weight excluding hydrogens is 352 g/mol. The molecule has 0 unspecified atom stereocenters.